The molecule has 4 saturated carbocycles. The van der Waals surface area contributed by atoms with Crippen LogP contribution in [-0.2, 0) is 0 Å². The molecule has 4 fully saturated rings. The Morgan fingerprint density at radius 3 is 1.69 bits per heavy atom. The van der Waals surface area contributed by atoms with Crippen LogP contribution in [0.15, 0.2) is 0 Å². The van der Waals surface area contributed by atoms with Crippen LogP contribution in [0, 0.1) is 47.3 Å². The van der Waals surface area contributed by atoms with Crippen LogP contribution in [-0.4, -0.2) is 13.1 Å². The van der Waals surface area contributed by atoms with E-state index in [0.717, 1.165) is 60.4 Å². The van der Waals surface area contributed by atoms with Crippen LogP contribution in [0.25, 0.3) is 0 Å². The van der Waals surface area contributed by atoms with Crippen molar-refractivity contribution < 1.29 is 0 Å². The van der Waals surface area contributed by atoms with E-state index in [4.69, 9.17) is 11.5 Å². The minimum absolute atomic E-state index is 0.774. The summed E-state index contributed by atoms with van der Waals surface area (Å²) in [6.45, 7) is 1.78. The van der Waals surface area contributed by atoms with Gasteiger partial charge in [0.25, 0.3) is 0 Å². The molecule has 0 aromatic rings. The number of rotatable bonds is 2. The Bertz CT molecular complexity index is 275. The maximum atomic E-state index is 6.01. The highest BCUT2D eigenvalue weighted by Gasteiger charge is 2.64. The van der Waals surface area contributed by atoms with Crippen LogP contribution in [0.3, 0.4) is 0 Å². The fourth-order valence-corrected chi connectivity index (χ4v) is 6.53. The first-order valence-corrected chi connectivity index (χ1v) is 7.25. The maximum Gasteiger partial charge on any atom is -0.00429 e. The fourth-order valence-electron chi connectivity index (χ4n) is 6.53. The minimum atomic E-state index is 0.774. The van der Waals surface area contributed by atoms with Crippen LogP contribution in [0.1, 0.15) is 25.7 Å². The van der Waals surface area contributed by atoms with Crippen LogP contribution in [0.2, 0.25) is 0 Å². The topological polar surface area (TPSA) is 52.0 Å². The van der Waals surface area contributed by atoms with E-state index in [0.29, 0.717) is 0 Å². The highest BCUT2D eigenvalue weighted by Crippen LogP contribution is 2.69. The highest BCUT2D eigenvalue weighted by atomic mass is 14.7. The lowest BCUT2D eigenvalue weighted by Gasteiger charge is -2.42. The Hall–Kier alpha value is -0.0800. The van der Waals surface area contributed by atoms with Crippen molar-refractivity contribution in [2.75, 3.05) is 13.1 Å². The van der Waals surface area contributed by atoms with E-state index < -0.39 is 0 Å². The maximum absolute atomic E-state index is 6.01. The molecule has 4 N–H and O–H groups in total. The molecular weight excluding hydrogens is 196 g/mol. The molecule has 0 spiro atoms. The molecule has 4 bridgehead atoms. The molecule has 90 valence electrons. The SMILES string of the molecule is NCC1C(CN)C2CC1C1C3CCC(C3)C21. The summed E-state index contributed by atoms with van der Waals surface area (Å²) in [5, 5.41) is 0. The van der Waals surface area contributed by atoms with Gasteiger partial charge >= 0.3 is 0 Å². The third-order valence-electron chi connectivity index (χ3n) is 6.77. The predicted octanol–water partition coefficient (Wildman–Crippen LogP) is 1.45. The largest absolute Gasteiger partial charge is 0.330 e. The van der Waals surface area contributed by atoms with Crippen molar-refractivity contribution in [1.29, 1.82) is 0 Å². The van der Waals surface area contributed by atoms with E-state index in [1.807, 2.05) is 0 Å². The molecule has 0 aliphatic heterocycles. The number of hydrogen-bond donors (Lipinski definition) is 2. The van der Waals surface area contributed by atoms with E-state index in [-0.39, 0.29) is 0 Å². The first kappa shape index (κ1) is 9.90. The number of nitrogens with two attached hydrogens (primary N) is 2. The second-order valence-electron chi connectivity index (χ2n) is 6.85. The molecule has 4 aliphatic carbocycles. The molecule has 0 amide bonds. The summed E-state index contributed by atoms with van der Waals surface area (Å²) in [5.74, 6) is 7.77. The molecule has 4 aliphatic rings. The summed E-state index contributed by atoms with van der Waals surface area (Å²) >= 11 is 0. The van der Waals surface area contributed by atoms with Gasteiger partial charge in [0.15, 0.2) is 0 Å². The fraction of sp³-hybridized carbons (Fsp3) is 1.00. The Morgan fingerprint density at radius 2 is 1.25 bits per heavy atom. The Labute approximate surface area is 98.1 Å². The average Bonchev–Trinajstić information content (AvgIpc) is 3.03. The molecule has 0 radical (unpaired) electrons. The molecule has 4 rings (SSSR count). The van der Waals surface area contributed by atoms with Crippen molar-refractivity contribution in [2.24, 2.45) is 58.8 Å². The third-order valence-corrected chi connectivity index (χ3v) is 6.77. The first-order chi connectivity index (χ1) is 7.85. The first-order valence-electron chi connectivity index (χ1n) is 7.25. The summed E-state index contributed by atoms with van der Waals surface area (Å²) in [7, 11) is 0. The van der Waals surface area contributed by atoms with Crippen molar-refractivity contribution in [1.82, 2.24) is 0 Å². The summed E-state index contributed by atoms with van der Waals surface area (Å²) in [5.41, 5.74) is 12.0. The average molecular weight is 220 g/mol. The number of hydrogen-bond acceptors (Lipinski definition) is 2. The van der Waals surface area contributed by atoms with Gasteiger partial charge in [-0.3, -0.25) is 0 Å². The molecule has 0 aromatic carbocycles. The van der Waals surface area contributed by atoms with Gasteiger partial charge in [-0.15, -0.1) is 0 Å². The Morgan fingerprint density at radius 1 is 0.750 bits per heavy atom. The van der Waals surface area contributed by atoms with Gasteiger partial charge in [-0.2, -0.15) is 0 Å². The van der Waals surface area contributed by atoms with E-state index in [9.17, 15) is 0 Å². The second-order valence-corrected chi connectivity index (χ2v) is 6.85. The Kier molecular flexibility index (Phi) is 2.00. The standard InChI is InChI=1S/C14H24N2/c15-5-11-9-4-10(12(11)6-16)14-8-2-1-7(3-8)13(9)14/h7-14H,1-6,15-16H2. The van der Waals surface area contributed by atoms with E-state index in [2.05, 4.69) is 0 Å². The summed E-state index contributed by atoms with van der Waals surface area (Å²) in [6, 6.07) is 0. The van der Waals surface area contributed by atoms with Crippen LogP contribution in [0.5, 0.6) is 0 Å². The zero-order valence-electron chi connectivity index (χ0n) is 10.0. The smallest absolute Gasteiger partial charge is 0.00429 e. The second kappa shape index (κ2) is 3.23. The van der Waals surface area contributed by atoms with Crippen molar-refractivity contribution in [3.05, 3.63) is 0 Å². The minimum Gasteiger partial charge on any atom is -0.330 e. The van der Waals surface area contributed by atoms with Crippen molar-refractivity contribution in [3.8, 4) is 0 Å². The molecule has 2 nitrogen and oxygen atoms in total. The van der Waals surface area contributed by atoms with Gasteiger partial charge in [0, 0.05) is 0 Å². The van der Waals surface area contributed by atoms with Crippen molar-refractivity contribution in [2.45, 2.75) is 25.7 Å². The quantitative estimate of drug-likeness (QED) is 0.692. The molecular formula is C14H24N2. The highest BCUT2D eigenvalue weighted by molar-refractivity contribution is 5.13. The van der Waals surface area contributed by atoms with Crippen LogP contribution in [0.4, 0.5) is 0 Å². The zero-order chi connectivity index (χ0) is 10.9. The molecule has 0 heterocycles. The summed E-state index contributed by atoms with van der Waals surface area (Å²) in [4.78, 5) is 0. The lowest BCUT2D eigenvalue weighted by molar-refractivity contribution is 0.0629. The van der Waals surface area contributed by atoms with E-state index >= 15 is 0 Å². The van der Waals surface area contributed by atoms with Gasteiger partial charge in [-0.1, -0.05) is 0 Å². The lowest BCUT2D eigenvalue weighted by atomic mass is 9.63. The monoisotopic (exact) mass is 220 g/mol. The van der Waals surface area contributed by atoms with Crippen molar-refractivity contribution in [3.63, 3.8) is 0 Å². The molecule has 16 heavy (non-hydrogen) atoms. The van der Waals surface area contributed by atoms with E-state index in [1.54, 1.807) is 6.42 Å². The van der Waals surface area contributed by atoms with Gasteiger partial charge in [-0.05, 0) is 86.1 Å². The van der Waals surface area contributed by atoms with Gasteiger partial charge in [0.2, 0.25) is 0 Å². The van der Waals surface area contributed by atoms with Gasteiger partial charge in [0.05, 0.1) is 0 Å². The molecule has 8 atom stereocenters. The normalized spacial score (nSPS) is 61.9. The van der Waals surface area contributed by atoms with Gasteiger partial charge in [0.1, 0.15) is 0 Å². The molecule has 0 aromatic heterocycles. The number of fused-ring (bicyclic) bond motifs is 9. The molecule has 8 unspecified atom stereocenters. The van der Waals surface area contributed by atoms with Crippen LogP contribution >= 0.6 is 0 Å². The van der Waals surface area contributed by atoms with E-state index in [1.165, 1.54) is 19.3 Å². The summed E-state index contributed by atoms with van der Waals surface area (Å²) in [6.07, 6.45) is 6.09. The Balaban J connectivity index is 1.68. The zero-order valence-corrected chi connectivity index (χ0v) is 10.0. The van der Waals surface area contributed by atoms with Gasteiger partial charge < -0.3 is 11.5 Å². The third kappa shape index (κ3) is 0.971. The lowest BCUT2D eigenvalue weighted by Crippen LogP contribution is -2.43. The van der Waals surface area contributed by atoms with Gasteiger partial charge in [-0.25, -0.2) is 0 Å². The summed E-state index contributed by atoms with van der Waals surface area (Å²) < 4.78 is 0. The predicted molar refractivity (Wildman–Crippen MR) is 64.5 cm³/mol. The van der Waals surface area contributed by atoms with Crippen molar-refractivity contribution >= 4 is 0 Å². The molecule has 2 heteroatoms. The molecule has 0 saturated heterocycles. The van der Waals surface area contributed by atoms with Crippen LogP contribution < -0.4 is 11.5 Å².